The first-order valence-corrected chi connectivity index (χ1v) is 8.10. The van der Waals surface area contributed by atoms with Crippen molar-refractivity contribution >= 4 is 28.8 Å². The molecule has 0 bridgehead atoms. The Bertz CT molecular complexity index is 863. The second kappa shape index (κ2) is 5.96. The van der Waals surface area contributed by atoms with Gasteiger partial charge in [-0.2, -0.15) is 0 Å². The number of nitrogens with zero attached hydrogens (tertiary/aromatic N) is 4. The van der Waals surface area contributed by atoms with E-state index in [1.807, 2.05) is 0 Å². The van der Waals surface area contributed by atoms with E-state index in [1.165, 1.54) is 11.3 Å². The summed E-state index contributed by atoms with van der Waals surface area (Å²) in [6.07, 6.45) is 4.10. The summed E-state index contributed by atoms with van der Waals surface area (Å²) in [6.45, 7) is 5.68. The molecule has 4 rings (SSSR count). The van der Waals surface area contributed by atoms with E-state index in [9.17, 15) is 4.79 Å². The fraction of sp³-hybridized carbons (Fsp3) is 0.278. The predicted octanol–water partition coefficient (Wildman–Crippen LogP) is 2.41. The van der Waals surface area contributed by atoms with Gasteiger partial charge in [-0.3, -0.25) is 4.79 Å². The maximum atomic E-state index is 11.3. The average Bonchev–Trinajstić information content (AvgIpc) is 3.06. The lowest BCUT2D eigenvalue weighted by molar-refractivity contribution is 0.112. The quantitative estimate of drug-likeness (QED) is 0.751. The number of aryl methyl sites for hydroxylation is 1. The van der Waals surface area contributed by atoms with Gasteiger partial charge < -0.3 is 14.8 Å². The molecule has 1 aliphatic rings. The standard InChI is InChI=1S/C18H19N5O/c1-13-2-4-15(5-3-13)22-6-8-23(9-7-22)18-16-14(11-24)10-19-17(16)20-12-21-18/h2-5,10-12H,6-9H2,1H3,(H,19,20,21). The average molecular weight is 321 g/mol. The van der Waals surface area contributed by atoms with Crippen LogP contribution in [0.1, 0.15) is 15.9 Å². The van der Waals surface area contributed by atoms with Gasteiger partial charge in [-0.25, -0.2) is 9.97 Å². The van der Waals surface area contributed by atoms with E-state index in [-0.39, 0.29) is 0 Å². The van der Waals surface area contributed by atoms with E-state index in [0.29, 0.717) is 11.2 Å². The summed E-state index contributed by atoms with van der Waals surface area (Å²) in [7, 11) is 0. The Morgan fingerprint density at radius 1 is 1.04 bits per heavy atom. The molecule has 1 fully saturated rings. The number of aromatic nitrogens is 3. The van der Waals surface area contributed by atoms with Crippen molar-refractivity contribution in [3.05, 3.63) is 47.9 Å². The highest BCUT2D eigenvalue weighted by molar-refractivity contribution is 6.01. The predicted molar refractivity (Wildman–Crippen MR) is 94.9 cm³/mol. The lowest BCUT2D eigenvalue weighted by Gasteiger charge is -2.37. The van der Waals surface area contributed by atoms with E-state index in [4.69, 9.17) is 0 Å². The molecule has 0 saturated carbocycles. The minimum Gasteiger partial charge on any atom is -0.368 e. The van der Waals surface area contributed by atoms with Crippen molar-refractivity contribution in [2.75, 3.05) is 36.0 Å². The van der Waals surface area contributed by atoms with Crippen LogP contribution < -0.4 is 9.80 Å². The molecule has 0 radical (unpaired) electrons. The third kappa shape index (κ3) is 2.50. The summed E-state index contributed by atoms with van der Waals surface area (Å²) in [5.41, 5.74) is 3.85. The number of carbonyl (C=O) groups excluding carboxylic acids is 1. The molecule has 1 saturated heterocycles. The molecule has 0 atom stereocenters. The Kier molecular flexibility index (Phi) is 3.65. The summed E-state index contributed by atoms with van der Waals surface area (Å²) in [5, 5.41) is 0.816. The summed E-state index contributed by atoms with van der Waals surface area (Å²) in [5.74, 6) is 0.840. The van der Waals surface area contributed by atoms with Gasteiger partial charge in [0.15, 0.2) is 6.29 Å². The first kappa shape index (κ1) is 14.7. The van der Waals surface area contributed by atoms with Gasteiger partial charge in [0, 0.05) is 43.6 Å². The van der Waals surface area contributed by atoms with Crippen molar-refractivity contribution in [3.63, 3.8) is 0 Å². The Hall–Kier alpha value is -2.89. The number of nitrogens with one attached hydrogen (secondary N) is 1. The van der Waals surface area contributed by atoms with Gasteiger partial charge in [-0.05, 0) is 19.1 Å². The number of carbonyl (C=O) groups is 1. The van der Waals surface area contributed by atoms with Crippen molar-refractivity contribution < 1.29 is 4.79 Å². The van der Waals surface area contributed by atoms with Gasteiger partial charge in [-0.15, -0.1) is 0 Å². The molecule has 122 valence electrons. The van der Waals surface area contributed by atoms with Crippen molar-refractivity contribution in [1.29, 1.82) is 0 Å². The van der Waals surface area contributed by atoms with Crippen LogP contribution in [0.2, 0.25) is 0 Å². The van der Waals surface area contributed by atoms with E-state index >= 15 is 0 Å². The zero-order valence-electron chi connectivity index (χ0n) is 13.6. The zero-order chi connectivity index (χ0) is 16.5. The van der Waals surface area contributed by atoms with Crippen LogP contribution >= 0.6 is 0 Å². The van der Waals surface area contributed by atoms with Crippen molar-refractivity contribution in [2.45, 2.75) is 6.92 Å². The summed E-state index contributed by atoms with van der Waals surface area (Å²) >= 11 is 0. The minimum absolute atomic E-state index is 0.613. The molecule has 0 unspecified atom stereocenters. The highest BCUT2D eigenvalue weighted by Crippen LogP contribution is 2.27. The van der Waals surface area contributed by atoms with Gasteiger partial charge >= 0.3 is 0 Å². The van der Waals surface area contributed by atoms with E-state index in [1.54, 1.807) is 12.5 Å². The number of aromatic amines is 1. The molecule has 3 aromatic rings. The van der Waals surface area contributed by atoms with Crippen LogP contribution in [0.3, 0.4) is 0 Å². The van der Waals surface area contributed by atoms with Crippen LogP contribution in [0.5, 0.6) is 0 Å². The van der Waals surface area contributed by atoms with Crippen molar-refractivity contribution in [1.82, 2.24) is 15.0 Å². The Morgan fingerprint density at radius 3 is 2.46 bits per heavy atom. The smallest absolute Gasteiger partial charge is 0.152 e. The number of hydrogen-bond acceptors (Lipinski definition) is 5. The normalized spacial score (nSPS) is 15.0. The van der Waals surface area contributed by atoms with Crippen LogP contribution in [-0.2, 0) is 0 Å². The van der Waals surface area contributed by atoms with Gasteiger partial charge in [0.2, 0.25) is 0 Å². The molecule has 24 heavy (non-hydrogen) atoms. The monoisotopic (exact) mass is 321 g/mol. The number of anilines is 2. The molecule has 1 aromatic carbocycles. The first-order valence-electron chi connectivity index (χ1n) is 8.10. The van der Waals surface area contributed by atoms with Crippen LogP contribution in [0.4, 0.5) is 11.5 Å². The molecule has 0 amide bonds. The molecule has 6 heteroatoms. The summed E-state index contributed by atoms with van der Waals surface area (Å²) in [6, 6.07) is 8.63. The largest absolute Gasteiger partial charge is 0.368 e. The number of benzene rings is 1. The third-order valence-corrected chi connectivity index (χ3v) is 4.59. The maximum Gasteiger partial charge on any atom is 0.152 e. The fourth-order valence-electron chi connectivity index (χ4n) is 3.23. The van der Waals surface area contributed by atoms with Gasteiger partial charge in [0.1, 0.15) is 17.8 Å². The summed E-state index contributed by atoms with van der Waals surface area (Å²) < 4.78 is 0. The van der Waals surface area contributed by atoms with Gasteiger partial charge in [0.25, 0.3) is 0 Å². The molecular formula is C18H19N5O. The lowest BCUT2D eigenvalue weighted by Crippen LogP contribution is -2.47. The van der Waals surface area contributed by atoms with E-state index < -0.39 is 0 Å². The number of hydrogen-bond donors (Lipinski definition) is 1. The van der Waals surface area contributed by atoms with Crippen molar-refractivity contribution in [2.24, 2.45) is 0 Å². The highest BCUT2D eigenvalue weighted by Gasteiger charge is 2.21. The van der Waals surface area contributed by atoms with Crippen LogP contribution in [0, 0.1) is 6.92 Å². The van der Waals surface area contributed by atoms with Crippen molar-refractivity contribution in [3.8, 4) is 0 Å². The molecule has 6 nitrogen and oxygen atoms in total. The number of fused-ring (bicyclic) bond motifs is 1. The first-order chi connectivity index (χ1) is 11.8. The molecule has 0 spiro atoms. The van der Waals surface area contributed by atoms with E-state index in [0.717, 1.165) is 43.7 Å². The summed E-state index contributed by atoms with van der Waals surface area (Å²) in [4.78, 5) is 27.6. The highest BCUT2D eigenvalue weighted by atomic mass is 16.1. The van der Waals surface area contributed by atoms with Gasteiger partial charge in [0.05, 0.1) is 5.39 Å². The topological polar surface area (TPSA) is 65.1 Å². The molecule has 2 aromatic heterocycles. The fourth-order valence-corrected chi connectivity index (χ4v) is 3.23. The molecule has 1 aliphatic heterocycles. The van der Waals surface area contributed by atoms with Crippen LogP contribution in [-0.4, -0.2) is 47.4 Å². The SMILES string of the molecule is Cc1ccc(N2CCN(c3ncnc4[nH]cc(C=O)c34)CC2)cc1. The zero-order valence-corrected chi connectivity index (χ0v) is 13.6. The third-order valence-electron chi connectivity index (χ3n) is 4.59. The Balaban J connectivity index is 1.57. The number of aldehydes is 1. The van der Waals surface area contributed by atoms with E-state index in [2.05, 4.69) is 55.9 Å². The Morgan fingerprint density at radius 2 is 1.75 bits per heavy atom. The van der Waals surface area contributed by atoms with Crippen LogP contribution in [0.15, 0.2) is 36.8 Å². The number of piperazine rings is 1. The molecular weight excluding hydrogens is 302 g/mol. The Labute approximate surface area is 140 Å². The number of H-pyrrole nitrogens is 1. The molecule has 1 N–H and O–H groups in total. The molecule has 0 aliphatic carbocycles. The number of rotatable bonds is 3. The second-order valence-corrected chi connectivity index (χ2v) is 6.09. The minimum atomic E-state index is 0.613. The van der Waals surface area contributed by atoms with Gasteiger partial charge in [-0.1, -0.05) is 17.7 Å². The van der Waals surface area contributed by atoms with Crippen LogP contribution in [0.25, 0.3) is 11.0 Å². The maximum absolute atomic E-state index is 11.3. The second-order valence-electron chi connectivity index (χ2n) is 6.09. The lowest BCUT2D eigenvalue weighted by atomic mass is 10.2. The molecule has 3 heterocycles.